The van der Waals surface area contributed by atoms with Crippen LogP contribution in [0.2, 0.25) is 0 Å². The van der Waals surface area contributed by atoms with E-state index < -0.39 is 0 Å². The van der Waals surface area contributed by atoms with Crippen LogP contribution in [-0.2, 0) is 0 Å². The largest absolute Gasteiger partial charge is 0.367 e. The first-order chi connectivity index (χ1) is 9.17. The van der Waals surface area contributed by atoms with E-state index in [1.807, 2.05) is 7.05 Å². The van der Waals surface area contributed by atoms with Crippen LogP contribution in [0.4, 0.5) is 0 Å². The third-order valence-corrected chi connectivity index (χ3v) is 3.94. The molecule has 1 heterocycles. The Morgan fingerprint density at radius 3 is 2.53 bits per heavy atom. The first-order valence-electron chi connectivity index (χ1n) is 7.15. The van der Waals surface area contributed by atoms with Gasteiger partial charge in [-0.15, -0.1) is 0 Å². The summed E-state index contributed by atoms with van der Waals surface area (Å²) in [7, 11) is 1.90. The lowest BCUT2D eigenvalue weighted by molar-refractivity contribution is 0.343. The van der Waals surface area contributed by atoms with Crippen LogP contribution in [0.15, 0.2) is 41.5 Å². The van der Waals surface area contributed by atoms with Crippen molar-refractivity contribution < 1.29 is 0 Å². The van der Waals surface area contributed by atoms with Gasteiger partial charge in [0.1, 0.15) is 0 Å². The summed E-state index contributed by atoms with van der Waals surface area (Å²) in [6.45, 7) is 9.66. The number of hydrogen-bond acceptors (Lipinski definition) is 2. The van der Waals surface area contributed by atoms with Gasteiger partial charge in [0.2, 0.25) is 0 Å². The third-order valence-electron chi connectivity index (χ3n) is 3.94. The molecule has 1 unspecified atom stereocenters. The SMILES string of the molecule is C=C1CCCN1C(CC)C(=NC)c1ccc(C)cc1. The van der Waals surface area contributed by atoms with Gasteiger partial charge in [0.15, 0.2) is 0 Å². The van der Waals surface area contributed by atoms with Gasteiger partial charge in [0.05, 0.1) is 11.8 Å². The van der Waals surface area contributed by atoms with Crippen LogP contribution in [0.5, 0.6) is 0 Å². The van der Waals surface area contributed by atoms with Crippen molar-refractivity contribution in [3.05, 3.63) is 47.7 Å². The second kappa shape index (κ2) is 6.05. The predicted molar refractivity (Wildman–Crippen MR) is 82.8 cm³/mol. The van der Waals surface area contributed by atoms with Crippen LogP contribution >= 0.6 is 0 Å². The van der Waals surface area contributed by atoms with Gasteiger partial charge >= 0.3 is 0 Å². The summed E-state index contributed by atoms with van der Waals surface area (Å²) in [5.41, 5.74) is 4.98. The summed E-state index contributed by atoms with van der Waals surface area (Å²) >= 11 is 0. The fourth-order valence-electron chi connectivity index (χ4n) is 2.89. The molecule has 1 aromatic rings. The number of rotatable bonds is 4. The third kappa shape index (κ3) is 2.89. The fraction of sp³-hybridized carbons (Fsp3) is 0.471. The van der Waals surface area contributed by atoms with Crippen molar-refractivity contribution in [3.8, 4) is 0 Å². The van der Waals surface area contributed by atoms with Gasteiger partial charge in [-0.2, -0.15) is 0 Å². The Kier molecular flexibility index (Phi) is 4.41. The maximum absolute atomic E-state index is 4.57. The minimum Gasteiger partial charge on any atom is -0.367 e. The number of nitrogens with zero attached hydrogens (tertiary/aromatic N) is 2. The van der Waals surface area contributed by atoms with Crippen molar-refractivity contribution in [2.75, 3.05) is 13.6 Å². The Balaban J connectivity index is 2.29. The maximum atomic E-state index is 4.57. The summed E-state index contributed by atoms with van der Waals surface area (Å²) in [6.07, 6.45) is 3.42. The van der Waals surface area contributed by atoms with Crippen LogP contribution in [0.1, 0.15) is 37.3 Å². The molecule has 102 valence electrons. The molecule has 0 aromatic heterocycles. The molecule has 0 aliphatic carbocycles. The minimum absolute atomic E-state index is 0.364. The second-order valence-corrected chi connectivity index (χ2v) is 5.26. The van der Waals surface area contributed by atoms with E-state index in [9.17, 15) is 0 Å². The summed E-state index contributed by atoms with van der Waals surface area (Å²) in [6, 6.07) is 9.04. The molecular formula is C17H24N2. The molecule has 2 rings (SSSR count). The summed E-state index contributed by atoms with van der Waals surface area (Å²) < 4.78 is 0. The van der Waals surface area contributed by atoms with E-state index in [2.05, 4.69) is 54.6 Å². The normalized spacial score (nSPS) is 17.9. The molecule has 1 saturated heterocycles. The first kappa shape index (κ1) is 13.9. The zero-order valence-corrected chi connectivity index (χ0v) is 12.3. The summed E-state index contributed by atoms with van der Waals surface area (Å²) in [4.78, 5) is 7.00. The topological polar surface area (TPSA) is 15.6 Å². The molecule has 0 saturated carbocycles. The second-order valence-electron chi connectivity index (χ2n) is 5.26. The quantitative estimate of drug-likeness (QED) is 0.748. The molecule has 1 fully saturated rings. The molecule has 19 heavy (non-hydrogen) atoms. The van der Waals surface area contributed by atoms with Crippen molar-refractivity contribution in [2.24, 2.45) is 4.99 Å². The monoisotopic (exact) mass is 256 g/mol. The van der Waals surface area contributed by atoms with Gasteiger partial charge in [-0.3, -0.25) is 4.99 Å². The predicted octanol–water partition coefficient (Wildman–Crippen LogP) is 3.80. The average molecular weight is 256 g/mol. The summed E-state index contributed by atoms with van der Waals surface area (Å²) in [5, 5.41) is 0. The van der Waals surface area contributed by atoms with Crippen LogP contribution in [0.3, 0.4) is 0 Å². The van der Waals surface area contributed by atoms with Crippen LogP contribution in [0, 0.1) is 6.92 Å². The first-order valence-corrected chi connectivity index (χ1v) is 7.15. The molecule has 2 heteroatoms. The molecule has 0 radical (unpaired) electrons. The molecule has 0 N–H and O–H groups in total. The fourth-order valence-corrected chi connectivity index (χ4v) is 2.89. The Labute approximate surface area is 116 Å². The van der Waals surface area contributed by atoms with Gasteiger partial charge in [0.25, 0.3) is 0 Å². The van der Waals surface area contributed by atoms with Crippen LogP contribution in [0.25, 0.3) is 0 Å². The van der Waals surface area contributed by atoms with Crippen molar-refractivity contribution in [1.29, 1.82) is 0 Å². The van der Waals surface area contributed by atoms with Crippen molar-refractivity contribution in [2.45, 2.75) is 39.2 Å². The van der Waals surface area contributed by atoms with E-state index in [0.717, 1.165) is 19.4 Å². The van der Waals surface area contributed by atoms with Crippen LogP contribution in [-0.4, -0.2) is 30.2 Å². The van der Waals surface area contributed by atoms with E-state index in [4.69, 9.17) is 0 Å². The highest BCUT2D eigenvalue weighted by molar-refractivity contribution is 6.04. The standard InChI is InChI=1S/C17H24N2/c1-5-16(19-12-6-7-14(19)3)17(18-4)15-10-8-13(2)9-11-15/h8-11,16H,3,5-7,12H2,1-2,4H3. The van der Waals surface area contributed by atoms with E-state index in [-0.39, 0.29) is 0 Å². The van der Waals surface area contributed by atoms with Gasteiger partial charge in [-0.05, 0) is 31.7 Å². The Morgan fingerprint density at radius 2 is 2.05 bits per heavy atom. The van der Waals surface area contributed by atoms with Crippen molar-refractivity contribution >= 4 is 5.71 Å². The van der Waals surface area contributed by atoms with Gasteiger partial charge in [-0.1, -0.05) is 43.3 Å². The smallest absolute Gasteiger partial charge is 0.0709 e. The Hall–Kier alpha value is -1.57. The number of allylic oxidation sites excluding steroid dienone is 1. The molecule has 1 aliphatic heterocycles. The van der Waals surface area contributed by atoms with E-state index >= 15 is 0 Å². The molecular weight excluding hydrogens is 232 g/mol. The lowest BCUT2D eigenvalue weighted by Gasteiger charge is -2.31. The number of benzene rings is 1. The van der Waals surface area contributed by atoms with Gasteiger partial charge in [0, 0.05) is 19.3 Å². The van der Waals surface area contributed by atoms with Crippen LogP contribution < -0.4 is 0 Å². The highest BCUT2D eigenvalue weighted by Gasteiger charge is 2.26. The number of hydrogen-bond donors (Lipinski definition) is 0. The van der Waals surface area contributed by atoms with Crippen molar-refractivity contribution in [3.63, 3.8) is 0 Å². The highest BCUT2D eigenvalue weighted by Crippen LogP contribution is 2.25. The number of aliphatic imine (C=N–C) groups is 1. The molecule has 1 aromatic carbocycles. The van der Waals surface area contributed by atoms with Crippen molar-refractivity contribution in [1.82, 2.24) is 4.90 Å². The van der Waals surface area contributed by atoms with E-state index in [0.29, 0.717) is 6.04 Å². The van der Waals surface area contributed by atoms with E-state index in [1.165, 1.54) is 29.0 Å². The van der Waals surface area contributed by atoms with Gasteiger partial charge < -0.3 is 4.90 Å². The zero-order valence-electron chi connectivity index (χ0n) is 12.3. The number of aryl methyl sites for hydroxylation is 1. The lowest BCUT2D eigenvalue weighted by atomic mass is 9.98. The molecule has 1 aliphatic rings. The molecule has 1 atom stereocenters. The number of likely N-dealkylation sites (tertiary alicyclic amines) is 1. The summed E-state index contributed by atoms with van der Waals surface area (Å²) in [5.74, 6) is 0. The maximum Gasteiger partial charge on any atom is 0.0709 e. The molecule has 0 bridgehead atoms. The lowest BCUT2D eigenvalue weighted by Crippen LogP contribution is -2.38. The highest BCUT2D eigenvalue weighted by atomic mass is 15.2. The minimum atomic E-state index is 0.364. The van der Waals surface area contributed by atoms with E-state index in [1.54, 1.807) is 0 Å². The molecule has 0 spiro atoms. The molecule has 0 amide bonds. The molecule has 2 nitrogen and oxygen atoms in total. The van der Waals surface area contributed by atoms with Gasteiger partial charge in [-0.25, -0.2) is 0 Å². The Morgan fingerprint density at radius 1 is 1.37 bits per heavy atom. The average Bonchev–Trinajstić information content (AvgIpc) is 2.83. The Bertz CT molecular complexity index is 471. The zero-order chi connectivity index (χ0) is 13.8.